The second-order valence-corrected chi connectivity index (χ2v) is 6.03. The summed E-state index contributed by atoms with van der Waals surface area (Å²) in [6.07, 6.45) is 2.76. The van der Waals surface area contributed by atoms with Crippen LogP contribution in [0.5, 0.6) is 5.75 Å². The zero-order valence-electron chi connectivity index (χ0n) is 13.2. The van der Waals surface area contributed by atoms with Crippen LogP contribution < -0.4 is 10.1 Å². The van der Waals surface area contributed by atoms with Crippen LogP contribution in [0, 0.1) is 0 Å². The van der Waals surface area contributed by atoms with Gasteiger partial charge < -0.3 is 14.8 Å². The van der Waals surface area contributed by atoms with Gasteiger partial charge in [0.1, 0.15) is 11.9 Å². The molecule has 22 heavy (non-hydrogen) atoms. The van der Waals surface area contributed by atoms with E-state index in [1.165, 1.54) is 5.56 Å². The van der Waals surface area contributed by atoms with E-state index in [1.54, 1.807) is 14.2 Å². The van der Waals surface area contributed by atoms with Crippen molar-refractivity contribution in [1.82, 2.24) is 10.2 Å². The molecule has 5 heteroatoms. The summed E-state index contributed by atoms with van der Waals surface area (Å²) in [7, 11) is 3.35. The van der Waals surface area contributed by atoms with Gasteiger partial charge in [-0.05, 0) is 37.0 Å². The first-order valence-electron chi connectivity index (χ1n) is 7.95. The predicted molar refractivity (Wildman–Crippen MR) is 83.8 cm³/mol. The van der Waals surface area contributed by atoms with Crippen molar-refractivity contribution in [3.63, 3.8) is 0 Å². The molecule has 1 amide bonds. The van der Waals surface area contributed by atoms with E-state index >= 15 is 0 Å². The molecule has 2 heterocycles. The number of nitrogens with zero attached hydrogens (tertiary/aromatic N) is 1. The Kier molecular flexibility index (Phi) is 4.64. The van der Waals surface area contributed by atoms with Gasteiger partial charge in [0, 0.05) is 26.2 Å². The van der Waals surface area contributed by atoms with Gasteiger partial charge in [0.15, 0.2) is 0 Å². The van der Waals surface area contributed by atoms with Crippen LogP contribution in [0.2, 0.25) is 0 Å². The fraction of sp³-hybridized carbons (Fsp3) is 0.588. The monoisotopic (exact) mass is 304 g/mol. The lowest BCUT2D eigenvalue weighted by molar-refractivity contribution is -0.143. The van der Waals surface area contributed by atoms with Gasteiger partial charge >= 0.3 is 0 Å². The number of carbonyl (C=O) groups is 1. The van der Waals surface area contributed by atoms with E-state index in [0.29, 0.717) is 6.04 Å². The Morgan fingerprint density at radius 2 is 2.09 bits per heavy atom. The fourth-order valence-electron chi connectivity index (χ4n) is 3.53. The molecule has 1 aromatic carbocycles. The highest BCUT2D eigenvalue weighted by Crippen LogP contribution is 2.32. The summed E-state index contributed by atoms with van der Waals surface area (Å²) >= 11 is 0. The van der Waals surface area contributed by atoms with Gasteiger partial charge in [0.2, 0.25) is 5.91 Å². The molecule has 0 spiro atoms. The van der Waals surface area contributed by atoms with E-state index in [4.69, 9.17) is 9.47 Å². The molecule has 1 N–H and O–H groups in total. The molecule has 0 unspecified atom stereocenters. The van der Waals surface area contributed by atoms with Crippen molar-refractivity contribution in [3.8, 4) is 5.75 Å². The number of likely N-dealkylation sites (N-methyl/N-ethyl adjacent to an activating group) is 1. The normalized spacial score (nSPS) is 28.2. The van der Waals surface area contributed by atoms with E-state index in [0.717, 1.165) is 38.1 Å². The molecule has 2 aliphatic rings. The van der Waals surface area contributed by atoms with Crippen molar-refractivity contribution >= 4 is 5.91 Å². The maximum Gasteiger partial charge on any atom is 0.248 e. The third kappa shape index (κ3) is 3.10. The Morgan fingerprint density at radius 1 is 1.32 bits per heavy atom. The van der Waals surface area contributed by atoms with Crippen molar-refractivity contribution < 1.29 is 14.3 Å². The molecular formula is C17H24N2O3. The number of benzene rings is 1. The Hall–Kier alpha value is -1.59. The molecule has 1 aromatic rings. The summed E-state index contributed by atoms with van der Waals surface area (Å²) in [5.74, 6) is 0.893. The summed E-state index contributed by atoms with van der Waals surface area (Å²) < 4.78 is 11.2. The maximum absolute atomic E-state index is 11.7. The zero-order valence-corrected chi connectivity index (χ0v) is 13.2. The number of fused-ring (bicyclic) bond motifs is 1. The molecule has 120 valence electrons. The van der Waals surface area contributed by atoms with Crippen LogP contribution >= 0.6 is 0 Å². The smallest absolute Gasteiger partial charge is 0.248 e. The highest BCUT2D eigenvalue weighted by atomic mass is 16.5. The van der Waals surface area contributed by atoms with E-state index in [9.17, 15) is 4.79 Å². The standard InChI is InChI=1S/C17H24N2O3/c1-18-17(20)16-8-7-14-15(22-16)9-10-19(14)11-12-3-5-13(21-2)6-4-12/h3-6,14-16H,7-11H2,1-2H3,(H,18,20)/t14-,15-,16+/m0/s1. The molecule has 2 saturated heterocycles. The molecule has 0 aliphatic carbocycles. The number of methoxy groups -OCH3 is 1. The minimum absolute atomic E-state index is 0.00653. The zero-order chi connectivity index (χ0) is 15.5. The summed E-state index contributed by atoms with van der Waals surface area (Å²) in [6.45, 7) is 1.96. The third-order valence-electron chi connectivity index (χ3n) is 4.75. The number of carbonyl (C=O) groups excluding carboxylic acids is 1. The quantitative estimate of drug-likeness (QED) is 0.917. The Morgan fingerprint density at radius 3 is 2.77 bits per heavy atom. The Balaban J connectivity index is 1.60. The van der Waals surface area contributed by atoms with Crippen LogP contribution in [-0.4, -0.2) is 49.8 Å². The van der Waals surface area contributed by atoms with Crippen LogP contribution in [0.4, 0.5) is 0 Å². The van der Waals surface area contributed by atoms with E-state index in [1.807, 2.05) is 12.1 Å². The minimum atomic E-state index is -0.271. The number of likely N-dealkylation sites (tertiary alicyclic amines) is 1. The van der Waals surface area contributed by atoms with Gasteiger partial charge in [-0.25, -0.2) is 0 Å². The first kappa shape index (κ1) is 15.3. The van der Waals surface area contributed by atoms with Gasteiger partial charge in [0.25, 0.3) is 0 Å². The minimum Gasteiger partial charge on any atom is -0.497 e. The SMILES string of the molecule is CNC(=O)[C@H]1CC[C@H]2[C@H](CCN2Cc2ccc(OC)cc2)O1. The Bertz CT molecular complexity index is 517. The molecule has 5 nitrogen and oxygen atoms in total. The predicted octanol–water partition coefficient (Wildman–Crippen LogP) is 1.56. The highest BCUT2D eigenvalue weighted by Gasteiger charge is 2.41. The molecule has 0 aromatic heterocycles. The van der Waals surface area contributed by atoms with Gasteiger partial charge in [-0.3, -0.25) is 9.69 Å². The first-order valence-corrected chi connectivity index (χ1v) is 7.95. The molecule has 2 fully saturated rings. The molecule has 0 radical (unpaired) electrons. The van der Waals surface area contributed by atoms with Crippen LogP contribution in [-0.2, 0) is 16.1 Å². The Labute approximate surface area is 131 Å². The van der Waals surface area contributed by atoms with E-state index in [-0.39, 0.29) is 18.1 Å². The van der Waals surface area contributed by atoms with Gasteiger partial charge in [-0.1, -0.05) is 12.1 Å². The average Bonchev–Trinajstić information content (AvgIpc) is 2.97. The topological polar surface area (TPSA) is 50.8 Å². The third-order valence-corrected chi connectivity index (χ3v) is 4.75. The van der Waals surface area contributed by atoms with Crippen molar-refractivity contribution in [3.05, 3.63) is 29.8 Å². The molecule has 2 aliphatic heterocycles. The van der Waals surface area contributed by atoms with Gasteiger partial charge in [-0.2, -0.15) is 0 Å². The van der Waals surface area contributed by atoms with E-state index < -0.39 is 0 Å². The number of ether oxygens (including phenoxy) is 2. The lowest BCUT2D eigenvalue weighted by Gasteiger charge is -2.35. The molecule has 3 rings (SSSR count). The molecule has 0 bridgehead atoms. The van der Waals surface area contributed by atoms with E-state index in [2.05, 4.69) is 22.3 Å². The summed E-state index contributed by atoms with van der Waals surface area (Å²) in [4.78, 5) is 14.2. The molecule has 0 saturated carbocycles. The van der Waals surface area contributed by atoms with Gasteiger partial charge in [-0.15, -0.1) is 0 Å². The van der Waals surface area contributed by atoms with Crippen molar-refractivity contribution in [2.24, 2.45) is 0 Å². The molecular weight excluding hydrogens is 280 g/mol. The summed E-state index contributed by atoms with van der Waals surface area (Å²) in [6, 6.07) is 8.67. The number of rotatable bonds is 4. The summed E-state index contributed by atoms with van der Waals surface area (Å²) in [5.41, 5.74) is 1.29. The highest BCUT2D eigenvalue weighted by molar-refractivity contribution is 5.80. The van der Waals surface area contributed by atoms with Crippen LogP contribution in [0.3, 0.4) is 0 Å². The lowest BCUT2D eigenvalue weighted by Crippen LogP contribution is -2.47. The van der Waals surface area contributed by atoms with Crippen molar-refractivity contribution in [2.75, 3.05) is 20.7 Å². The first-order chi connectivity index (χ1) is 10.7. The largest absolute Gasteiger partial charge is 0.497 e. The number of amides is 1. The summed E-state index contributed by atoms with van der Waals surface area (Å²) in [5, 5.41) is 2.69. The van der Waals surface area contributed by atoms with Crippen LogP contribution in [0.15, 0.2) is 24.3 Å². The second kappa shape index (κ2) is 6.67. The number of nitrogens with one attached hydrogen (secondary N) is 1. The van der Waals surface area contributed by atoms with Crippen LogP contribution in [0.25, 0.3) is 0 Å². The second-order valence-electron chi connectivity index (χ2n) is 6.03. The fourth-order valence-corrected chi connectivity index (χ4v) is 3.53. The lowest BCUT2D eigenvalue weighted by atomic mass is 9.98. The van der Waals surface area contributed by atoms with Crippen molar-refractivity contribution in [1.29, 1.82) is 0 Å². The number of hydrogen-bond acceptors (Lipinski definition) is 4. The van der Waals surface area contributed by atoms with Crippen molar-refractivity contribution in [2.45, 2.75) is 44.1 Å². The number of hydrogen-bond donors (Lipinski definition) is 1. The molecule has 3 atom stereocenters. The maximum atomic E-state index is 11.7. The van der Waals surface area contributed by atoms with Gasteiger partial charge in [0.05, 0.1) is 13.2 Å². The average molecular weight is 304 g/mol. The van der Waals surface area contributed by atoms with Crippen LogP contribution in [0.1, 0.15) is 24.8 Å².